The van der Waals surface area contributed by atoms with E-state index in [-0.39, 0.29) is 10.8 Å². The van der Waals surface area contributed by atoms with E-state index in [4.69, 9.17) is 4.98 Å². The van der Waals surface area contributed by atoms with Crippen molar-refractivity contribution in [2.24, 2.45) is 0 Å². The van der Waals surface area contributed by atoms with E-state index >= 15 is 0 Å². The quantitative estimate of drug-likeness (QED) is 0.679. The lowest BCUT2D eigenvalue weighted by molar-refractivity contribution is 0.512. The summed E-state index contributed by atoms with van der Waals surface area (Å²) in [4.78, 5) is 4.74. The molecule has 0 atom stereocenters. The lowest BCUT2D eigenvalue weighted by atomic mass is 9.77. The van der Waals surface area contributed by atoms with Crippen molar-refractivity contribution < 1.29 is 0 Å². The molecule has 1 nitrogen and oxygen atoms in total. The molecule has 0 aromatic carbocycles. The Labute approximate surface area is 107 Å². The fourth-order valence-electron chi connectivity index (χ4n) is 1.97. The zero-order chi connectivity index (χ0) is 13.4. The molecule has 0 bridgehead atoms. The van der Waals surface area contributed by atoms with Gasteiger partial charge in [0.2, 0.25) is 0 Å². The van der Waals surface area contributed by atoms with Gasteiger partial charge in [0, 0.05) is 17.3 Å². The van der Waals surface area contributed by atoms with Crippen LogP contribution in [0.5, 0.6) is 0 Å². The van der Waals surface area contributed by atoms with Crippen molar-refractivity contribution >= 4 is 0 Å². The summed E-state index contributed by atoms with van der Waals surface area (Å²) in [7, 11) is 0. The van der Waals surface area contributed by atoms with Gasteiger partial charge in [-0.2, -0.15) is 0 Å². The molecule has 0 amide bonds. The highest BCUT2D eigenvalue weighted by atomic mass is 14.7. The van der Waals surface area contributed by atoms with Crippen LogP contribution in [-0.4, -0.2) is 4.98 Å². The molecule has 96 valence electrons. The highest BCUT2D eigenvalue weighted by molar-refractivity contribution is 5.36. The monoisotopic (exact) mass is 233 g/mol. The number of rotatable bonds is 1. The van der Waals surface area contributed by atoms with Crippen molar-refractivity contribution in [3.8, 4) is 0 Å². The maximum atomic E-state index is 4.74. The van der Waals surface area contributed by atoms with Crippen LogP contribution in [0.2, 0.25) is 0 Å². The summed E-state index contributed by atoms with van der Waals surface area (Å²) in [6.45, 7) is 18.0. The van der Waals surface area contributed by atoms with E-state index in [2.05, 4.69) is 61.5 Å². The fraction of sp³-hybridized carbons (Fsp3) is 0.688. The molecule has 0 saturated carbocycles. The zero-order valence-corrected chi connectivity index (χ0v) is 12.7. The minimum atomic E-state index is 0.109. The number of aromatic nitrogens is 1. The van der Waals surface area contributed by atoms with Crippen LogP contribution in [0.3, 0.4) is 0 Å². The van der Waals surface area contributed by atoms with E-state index in [9.17, 15) is 0 Å². The van der Waals surface area contributed by atoms with Crippen molar-refractivity contribution in [3.05, 3.63) is 29.1 Å². The summed E-state index contributed by atoms with van der Waals surface area (Å²) in [6.07, 6.45) is 2.04. The van der Waals surface area contributed by atoms with Gasteiger partial charge in [-0.15, -0.1) is 0 Å². The van der Waals surface area contributed by atoms with E-state index in [0.29, 0.717) is 5.92 Å². The van der Waals surface area contributed by atoms with E-state index in [0.717, 1.165) is 0 Å². The van der Waals surface area contributed by atoms with Crippen molar-refractivity contribution in [1.29, 1.82) is 0 Å². The molecule has 0 aliphatic heterocycles. The van der Waals surface area contributed by atoms with Gasteiger partial charge in [0.25, 0.3) is 0 Å². The topological polar surface area (TPSA) is 12.9 Å². The normalized spacial score (nSPS) is 13.2. The lowest BCUT2D eigenvalue weighted by Gasteiger charge is -2.29. The lowest BCUT2D eigenvalue weighted by Crippen LogP contribution is -2.24. The van der Waals surface area contributed by atoms with Crippen molar-refractivity contribution in [2.75, 3.05) is 0 Å². The molecular weight excluding hydrogens is 206 g/mol. The van der Waals surface area contributed by atoms with Crippen LogP contribution in [0.4, 0.5) is 0 Å². The first kappa shape index (κ1) is 14.2. The highest BCUT2D eigenvalue weighted by Gasteiger charge is 2.26. The first-order chi connectivity index (χ1) is 7.53. The summed E-state index contributed by atoms with van der Waals surface area (Å²) in [5.41, 5.74) is 4.21. The molecule has 0 saturated heterocycles. The van der Waals surface area contributed by atoms with Gasteiger partial charge in [0.1, 0.15) is 0 Å². The Morgan fingerprint density at radius 3 is 1.82 bits per heavy atom. The summed E-state index contributed by atoms with van der Waals surface area (Å²) >= 11 is 0. The molecule has 0 spiro atoms. The third-order valence-electron chi connectivity index (χ3n) is 3.09. The van der Waals surface area contributed by atoms with Crippen molar-refractivity contribution in [2.45, 2.75) is 72.1 Å². The smallest absolute Gasteiger partial charge is 0.0494 e. The Hall–Kier alpha value is -0.850. The molecule has 0 unspecified atom stereocenters. The van der Waals surface area contributed by atoms with Gasteiger partial charge in [-0.1, -0.05) is 61.5 Å². The molecule has 0 aliphatic carbocycles. The minimum absolute atomic E-state index is 0.109. The standard InChI is InChI=1S/C16H27N/c1-11(2)12-9-13(15(3,4)5)14(17-10-12)16(6,7)8/h9-11H,1-8H3. The molecule has 1 rings (SSSR count). The predicted octanol–water partition coefficient (Wildman–Crippen LogP) is 4.80. The second-order valence-electron chi connectivity index (χ2n) is 7.32. The Morgan fingerprint density at radius 2 is 1.47 bits per heavy atom. The molecule has 0 radical (unpaired) electrons. The number of nitrogens with zero attached hydrogens (tertiary/aromatic N) is 1. The van der Waals surface area contributed by atoms with Gasteiger partial charge < -0.3 is 0 Å². The molecule has 1 heterocycles. The maximum Gasteiger partial charge on any atom is 0.0494 e. The van der Waals surface area contributed by atoms with E-state index in [1.807, 2.05) is 6.20 Å². The number of hydrogen-bond donors (Lipinski definition) is 0. The van der Waals surface area contributed by atoms with Crippen LogP contribution < -0.4 is 0 Å². The van der Waals surface area contributed by atoms with Crippen LogP contribution in [0.1, 0.15) is 78.1 Å². The maximum absolute atomic E-state index is 4.74. The SMILES string of the molecule is CC(C)c1cnc(C(C)(C)C)c(C(C)(C)C)c1. The third-order valence-corrected chi connectivity index (χ3v) is 3.09. The van der Waals surface area contributed by atoms with Crippen LogP contribution in [0.15, 0.2) is 12.3 Å². The molecule has 17 heavy (non-hydrogen) atoms. The van der Waals surface area contributed by atoms with Gasteiger partial charge in [-0.25, -0.2) is 0 Å². The van der Waals surface area contributed by atoms with Gasteiger partial charge in [-0.3, -0.25) is 4.98 Å². The van der Waals surface area contributed by atoms with Crippen LogP contribution >= 0.6 is 0 Å². The first-order valence-electron chi connectivity index (χ1n) is 6.54. The van der Waals surface area contributed by atoms with Crippen LogP contribution in [-0.2, 0) is 10.8 Å². The predicted molar refractivity (Wildman–Crippen MR) is 75.7 cm³/mol. The minimum Gasteiger partial charge on any atom is -0.260 e. The van der Waals surface area contributed by atoms with Crippen LogP contribution in [0.25, 0.3) is 0 Å². The molecule has 1 heteroatoms. The van der Waals surface area contributed by atoms with Crippen LogP contribution in [0, 0.1) is 0 Å². The molecule has 0 N–H and O–H groups in total. The molecular formula is C16H27N. The second kappa shape index (κ2) is 4.44. The third kappa shape index (κ3) is 3.31. The van der Waals surface area contributed by atoms with E-state index < -0.39 is 0 Å². The molecule has 0 aliphatic rings. The summed E-state index contributed by atoms with van der Waals surface area (Å²) < 4.78 is 0. The zero-order valence-electron chi connectivity index (χ0n) is 12.7. The van der Waals surface area contributed by atoms with Crippen molar-refractivity contribution in [1.82, 2.24) is 4.98 Å². The second-order valence-corrected chi connectivity index (χ2v) is 7.32. The summed E-state index contributed by atoms with van der Waals surface area (Å²) in [5, 5.41) is 0. The highest BCUT2D eigenvalue weighted by Crippen LogP contribution is 2.33. The largest absolute Gasteiger partial charge is 0.260 e. The average Bonchev–Trinajstić information content (AvgIpc) is 2.14. The Bertz CT molecular complexity index is 389. The van der Waals surface area contributed by atoms with E-state index in [1.165, 1.54) is 16.8 Å². The number of hydrogen-bond acceptors (Lipinski definition) is 1. The summed E-state index contributed by atoms with van der Waals surface area (Å²) in [6, 6.07) is 2.35. The average molecular weight is 233 g/mol. The summed E-state index contributed by atoms with van der Waals surface area (Å²) in [5.74, 6) is 0.539. The van der Waals surface area contributed by atoms with E-state index in [1.54, 1.807) is 0 Å². The number of pyridine rings is 1. The first-order valence-corrected chi connectivity index (χ1v) is 6.54. The van der Waals surface area contributed by atoms with Gasteiger partial charge >= 0.3 is 0 Å². The Kier molecular flexibility index (Phi) is 3.71. The van der Waals surface area contributed by atoms with Gasteiger partial charge in [0.05, 0.1) is 0 Å². The van der Waals surface area contributed by atoms with Gasteiger partial charge in [0.15, 0.2) is 0 Å². The van der Waals surface area contributed by atoms with Gasteiger partial charge in [-0.05, 0) is 22.5 Å². The fourth-order valence-corrected chi connectivity index (χ4v) is 1.97. The van der Waals surface area contributed by atoms with Crippen molar-refractivity contribution in [3.63, 3.8) is 0 Å². The molecule has 0 fully saturated rings. The molecule has 1 aromatic heterocycles. The Balaban J connectivity index is 3.43. The Morgan fingerprint density at radius 1 is 0.941 bits per heavy atom. The molecule has 1 aromatic rings.